The first-order chi connectivity index (χ1) is 20.2. The maximum absolute atomic E-state index is 13.9. The van der Waals surface area contributed by atoms with E-state index >= 15 is 0 Å². The van der Waals surface area contributed by atoms with Crippen LogP contribution < -0.4 is 14.8 Å². The third-order valence-electron chi connectivity index (χ3n) is 8.07. The van der Waals surface area contributed by atoms with Gasteiger partial charge in [0.15, 0.2) is 11.5 Å². The Kier molecular flexibility index (Phi) is 11.7. The Balaban J connectivity index is 1.71. The average Bonchev–Trinajstić information content (AvgIpc) is 3.50. The number of aliphatic hydroxyl groups is 3. The first-order valence-electron chi connectivity index (χ1n) is 14.5. The highest BCUT2D eigenvalue weighted by Gasteiger charge is 2.41. The first kappa shape index (κ1) is 32.2. The van der Waals surface area contributed by atoms with Crippen molar-refractivity contribution in [2.24, 2.45) is 5.92 Å². The molecule has 0 bridgehead atoms. The van der Waals surface area contributed by atoms with Gasteiger partial charge in [0, 0.05) is 31.5 Å². The van der Waals surface area contributed by atoms with Crippen molar-refractivity contribution in [1.29, 1.82) is 0 Å². The number of nitrogens with zero attached hydrogens (tertiary/aromatic N) is 1. The molecular formula is C32H41IN2O7. The molecule has 2 aliphatic rings. The second-order valence-electron chi connectivity index (χ2n) is 11.1. The number of carbonyl (C=O) groups is 2. The predicted octanol–water partition coefficient (Wildman–Crippen LogP) is 3.63. The lowest BCUT2D eigenvalue weighted by Crippen LogP contribution is -2.55. The smallest absolute Gasteiger partial charge is 0.247 e. The normalized spacial score (nSPS) is 20.6. The Labute approximate surface area is 261 Å². The van der Waals surface area contributed by atoms with Crippen LogP contribution in [-0.4, -0.2) is 70.5 Å². The average molecular weight is 693 g/mol. The quantitative estimate of drug-likeness (QED) is 0.250. The molecule has 1 fully saturated rings. The summed E-state index contributed by atoms with van der Waals surface area (Å²) in [6.45, 7) is 1.99. The summed E-state index contributed by atoms with van der Waals surface area (Å²) in [5, 5.41) is 33.4. The van der Waals surface area contributed by atoms with Gasteiger partial charge in [-0.05, 0) is 77.6 Å². The van der Waals surface area contributed by atoms with Crippen LogP contribution >= 0.6 is 22.6 Å². The lowest BCUT2D eigenvalue weighted by atomic mass is 9.87. The molecule has 228 valence electrons. The fourth-order valence-electron chi connectivity index (χ4n) is 5.75. The molecule has 9 nitrogen and oxygen atoms in total. The van der Waals surface area contributed by atoms with Crippen molar-refractivity contribution in [2.45, 2.75) is 76.9 Å². The minimum absolute atomic E-state index is 0.0539. The van der Waals surface area contributed by atoms with Crippen LogP contribution in [0.1, 0.15) is 55.2 Å². The zero-order chi connectivity index (χ0) is 30.2. The summed E-state index contributed by atoms with van der Waals surface area (Å²) in [6.07, 6.45) is 4.27. The van der Waals surface area contributed by atoms with Crippen LogP contribution in [0.4, 0.5) is 0 Å². The van der Waals surface area contributed by atoms with Gasteiger partial charge in [0.05, 0.1) is 29.9 Å². The molecule has 3 atom stereocenters. The molecule has 0 saturated heterocycles. The van der Waals surface area contributed by atoms with Crippen molar-refractivity contribution >= 4 is 34.4 Å². The van der Waals surface area contributed by atoms with E-state index in [1.807, 2.05) is 31.2 Å². The van der Waals surface area contributed by atoms with E-state index in [-0.39, 0.29) is 44.5 Å². The third kappa shape index (κ3) is 8.03. The number of nitrogens with one attached hydrogen (secondary N) is 1. The van der Waals surface area contributed by atoms with Crippen LogP contribution in [0.2, 0.25) is 0 Å². The van der Waals surface area contributed by atoms with Crippen molar-refractivity contribution in [1.82, 2.24) is 10.2 Å². The Morgan fingerprint density at radius 1 is 1.10 bits per heavy atom. The molecule has 0 spiro atoms. The van der Waals surface area contributed by atoms with Crippen molar-refractivity contribution in [3.8, 4) is 11.5 Å². The van der Waals surface area contributed by atoms with Crippen molar-refractivity contribution in [3.63, 3.8) is 0 Å². The number of ether oxygens (including phenoxy) is 2. The summed E-state index contributed by atoms with van der Waals surface area (Å²) in [6, 6.07) is 10.7. The molecule has 0 aliphatic heterocycles. The summed E-state index contributed by atoms with van der Waals surface area (Å²) in [5.74, 6) is 0.624. The number of hydrogen-bond donors (Lipinski definition) is 4. The molecule has 2 aliphatic carbocycles. The van der Waals surface area contributed by atoms with Crippen LogP contribution in [-0.2, 0) is 22.7 Å². The third-order valence-corrected chi connectivity index (χ3v) is 8.87. The van der Waals surface area contributed by atoms with Gasteiger partial charge in [0.1, 0.15) is 12.2 Å². The van der Waals surface area contributed by atoms with Gasteiger partial charge in [-0.25, -0.2) is 0 Å². The molecule has 4 N–H and O–H groups in total. The van der Waals surface area contributed by atoms with Gasteiger partial charge in [-0.2, -0.15) is 0 Å². The van der Waals surface area contributed by atoms with E-state index in [0.29, 0.717) is 38.5 Å². The summed E-state index contributed by atoms with van der Waals surface area (Å²) >= 11 is 2.08. The van der Waals surface area contributed by atoms with E-state index in [4.69, 9.17) is 9.47 Å². The van der Waals surface area contributed by atoms with Crippen LogP contribution in [0.3, 0.4) is 0 Å². The number of rotatable bonds is 12. The monoisotopic (exact) mass is 692 g/mol. The minimum atomic E-state index is -1.14. The molecule has 4 rings (SSSR count). The van der Waals surface area contributed by atoms with Crippen LogP contribution in [0.25, 0.3) is 0 Å². The van der Waals surface area contributed by atoms with Gasteiger partial charge in [0.25, 0.3) is 0 Å². The fourth-order valence-corrected chi connectivity index (χ4v) is 6.55. The number of methoxy groups -OCH3 is 1. The molecule has 0 radical (unpaired) electrons. The molecule has 0 aromatic heterocycles. The SMILES string of the molecule is COc1cc(CO)cc(I)c1OC1C=C(C(=O)NCCO)CC(N(Cc2ccc(C)cc2)C(=O)CC2CCCC2)C1O. The molecule has 1 saturated carbocycles. The summed E-state index contributed by atoms with van der Waals surface area (Å²) in [4.78, 5) is 28.8. The van der Waals surface area contributed by atoms with Crippen LogP contribution in [0, 0.1) is 16.4 Å². The molecule has 3 unspecified atom stereocenters. The second-order valence-corrected chi connectivity index (χ2v) is 12.3. The topological polar surface area (TPSA) is 129 Å². The van der Waals surface area contributed by atoms with Crippen molar-refractivity contribution in [2.75, 3.05) is 20.3 Å². The van der Waals surface area contributed by atoms with Gasteiger partial charge in [-0.3, -0.25) is 9.59 Å². The van der Waals surface area contributed by atoms with Gasteiger partial charge in [-0.1, -0.05) is 42.7 Å². The molecule has 42 heavy (non-hydrogen) atoms. The standard InChI is InChI=1S/C32H41IN2O7/c1-20-7-9-22(10-8-20)18-35(29(38)15-21-5-3-4-6-21)26-16-24(32(40)34-11-12-36)17-27(30(26)39)42-31-25(33)13-23(19-37)14-28(31)41-2/h7-10,13-14,17,21,26-27,30,36-37,39H,3-6,11-12,15-16,18-19H2,1-2H3,(H,34,40). The highest BCUT2D eigenvalue weighted by atomic mass is 127. The number of aliphatic hydroxyl groups excluding tert-OH is 3. The number of carbonyl (C=O) groups excluding carboxylic acids is 2. The van der Waals surface area contributed by atoms with Crippen LogP contribution in [0.15, 0.2) is 48.0 Å². The van der Waals surface area contributed by atoms with Gasteiger partial charge < -0.3 is 35.0 Å². The predicted molar refractivity (Wildman–Crippen MR) is 167 cm³/mol. The Morgan fingerprint density at radius 2 is 1.81 bits per heavy atom. The highest BCUT2D eigenvalue weighted by Crippen LogP contribution is 2.38. The number of aryl methyl sites for hydroxylation is 1. The molecule has 0 heterocycles. The molecule has 2 amide bonds. The van der Waals surface area contributed by atoms with E-state index in [9.17, 15) is 24.9 Å². The second kappa shape index (κ2) is 15.2. The minimum Gasteiger partial charge on any atom is -0.493 e. The maximum atomic E-state index is 13.9. The fraction of sp³-hybridized carbons (Fsp3) is 0.500. The van der Waals surface area contributed by atoms with E-state index in [1.54, 1.807) is 23.1 Å². The van der Waals surface area contributed by atoms with Crippen molar-refractivity contribution < 1.29 is 34.4 Å². The maximum Gasteiger partial charge on any atom is 0.247 e. The zero-order valence-corrected chi connectivity index (χ0v) is 26.4. The lowest BCUT2D eigenvalue weighted by molar-refractivity contribution is -0.140. The summed E-state index contributed by atoms with van der Waals surface area (Å²) in [7, 11) is 1.49. The lowest BCUT2D eigenvalue weighted by Gasteiger charge is -2.41. The summed E-state index contributed by atoms with van der Waals surface area (Å²) in [5.41, 5.74) is 3.05. The number of amides is 2. The molecule has 2 aromatic carbocycles. The van der Waals surface area contributed by atoms with Crippen molar-refractivity contribution in [3.05, 3.63) is 68.3 Å². The number of hydrogen-bond acceptors (Lipinski definition) is 7. The van der Waals surface area contributed by atoms with E-state index in [1.165, 1.54) is 7.11 Å². The first-order valence-corrected chi connectivity index (χ1v) is 15.6. The Bertz CT molecular complexity index is 1260. The summed E-state index contributed by atoms with van der Waals surface area (Å²) < 4.78 is 12.6. The Morgan fingerprint density at radius 3 is 2.45 bits per heavy atom. The van der Waals surface area contributed by atoms with E-state index in [2.05, 4.69) is 27.9 Å². The molecule has 2 aromatic rings. The van der Waals surface area contributed by atoms with Gasteiger partial charge >= 0.3 is 0 Å². The zero-order valence-electron chi connectivity index (χ0n) is 24.2. The highest BCUT2D eigenvalue weighted by molar-refractivity contribution is 14.1. The molecule has 10 heteroatoms. The number of benzene rings is 2. The van der Waals surface area contributed by atoms with Gasteiger partial charge in [-0.15, -0.1) is 0 Å². The van der Waals surface area contributed by atoms with Gasteiger partial charge in [0.2, 0.25) is 11.8 Å². The van der Waals surface area contributed by atoms with E-state index in [0.717, 1.165) is 36.8 Å². The van der Waals surface area contributed by atoms with Crippen LogP contribution in [0.5, 0.6) is 11.5 Å². The largest absolute Gasteiger partial charge is 0.493 e. The van der Waals surface area contributed by atoms with E-state index < -0.39 is 18.2 Å². The molecular weight excluding hydrogens is 651 g/mol. The number of halogens is 1. The Hall–Kier alpha value is -2.67.